The fourth-order valence-corrected chi connectivity index (χ4v) is 1.05. The Labute approximate surface area is 65.4 Å². The third kappa shape index (κ3) is 6.24. The summed E-state index contributed by atoms with van der Waals surface area (Å²) in [7, 11) is -4.09. The second kappa shape index (κ2) is 3.48. The van der Waals surface area contributed by atoms with Crippen LogP contribution < -0.4 is 0 Å². The van der Waals surface area contributed by atoms with E-state index in [4.69, 9.17) is 14.8 Å². The van der Waals surface area contributed by atoms with Gasteiger partial charge in [-0.1, -0.05) is 6.92 Å². The van der Waals surface area contributed by atoms with Crippen LogP contribution in [0.1, 0.15) is 19.8 Å². The minimum atomic E-state index is -4.09. The Morgan fingerprint density at radius 2 is 1.82 bits per heavy atom. The molecule has 6 heteroatoms. The number of hydrogen-bond acceptors (Lipinski definition) is 4. The molecule has 0 spiro atoms. The summed E-state index contributed by atoms with van der Waals surface area (Å²) in [5.41, 5.74) is 0. The van der Waals surface area contributed by atoms with E-state index >= 15 is 0 Å². The smallest absolute Gasteiger partial charge is 0.265 e. The average Bonchev–Trinajstić information content (AvgIpc) is 1.83. The summed E-state index contributed by atoms with van der Waals surface area (Å²) in [6.45, 7) is 1.50. The maximum Gasteiger partial charge on any atom is 0.265 e. The topological polar surface area (TPSA) is 94.8 Å². The molecule has 0 saturated carbocycles. The van der Waals surface area contributed by atoms with Gasteiger partial charge in [0, 0.05) is 6.42 Å². The Hall–Kier alpha value is -0.170. The molecule has 0 aliphatic heterocycles. The van der Waals surface area contributed by atoms with Gasteiger partial charge in [-0.3, -0.25) is 4.55 Å². The lowest BCUT2D eigenvalue weighted by atomic mass is 10.2. The van der Waals surface area contributed by atoms with Crippen molar-refractivity contribution in [3.63, 3.8) is 0 Å². The van der Waals surface area contributed by atoms with Crippen molar-refractivity contribution < 1.29 is 23.2 Å². The molecule has 5 nitrogen and oxygen atoms in total. The summed E-state index contributed by atoms with van der Waals surface area (Å²) in [6.07, 6.45) is -0.342. The minimum absolute atomic E-state index is 0.0303. The van der Waals surface area contributed by atoms with E-state index < -0.39 is 21.7 Å². The molecule has 0 atom stereocenters. The molecule has 11 heavy (non-hydrogen) atoms. The molecule has 0 aromatic rings. The average molecular weight is 184 g/mol. The molecule has 0 aromatic heterocycles. The van der Waals surface area contributed by atoms with Crippen LogP contribution >= 0.6 is 0 Å². The van der Waals surface area contributed by atoms with E-state index in [0.717, 1.165) is 0 Å². The van der Waals surface area contributed by atoms with Crippen LogP contribution in [0.25, 0.3) is 0 Å². The van der Waals surface area contributed by atoms with Gasteiger partial charge in [0.2, 0.25) is 0 Å². The number of aliphatic hydroxyl groups is 2. The van der Waals surface area contributed by atoms with Gasteiger partial charge in [-0.2, -0.15) is 8.42 Å². The van der Waals surface area contributed by atoms with Crippen molar-refractivity contribution in [1.82, 2.24) is 0 Å². The molecule has 0 fully saturated rings. The highest BCUT2D eigenvalue weighted by Gasteiger charge is 2.22. The lowest BCUT2D eigenvalue weighted by Gasteiger charge is -2.17. The molecule has 0 amide bonds. The van der Waals surface area contributed by atoms with Crippen LogP contribution in [0.3, 0.4) is 0 Å². The molecule has 0 aliphatic carbocycles. The second-order valence-electron chi connectivity index (χ2n) is 2.37. The highest BCUT2D eigenvalue weighted by Crippen LogP contribution is 2.10. The molecule has 0 saturated heterocycles. The molecule has 0 radical (unpaired) electrons. The third-order valence-electron chi connectivity index (χ3n) is 1.33. The van der Waals surface area contributed by atoms with Crippen LogP contribution in [-0.2, 0) is 10.1 Å². The molecule has 0 aromatic carbocycles. The van der Waals surface area contributed by atoms with Crippen LogP contribution in [0, 0.1) is 0 Å². The van der Waals surface area contributed by atoms with Crippen molar-refractivity contribution in [2.45, 2.75) is 25.6 Å². The van der Waals surface area contributed by atoms with Crippen molar-refractivity contribution in [2.75, 3.05) is 5.75 Å². The number of rotatable bonds is 4. The quantitative estimate of drug-likeness (QED) is 0.399. The molecule has 0 heterocycles. The summed E-state index contributed by atoms with van der Waals surface area (Å²) in [5.74, 6) is -2.62. The molecule has 0 unspecified atom stereocenters. The lowest BCUT2D eigenvalue weighted by Crippen LogP contribution is -2.29. The van der Waals surface area contributed by atoms with Crippen molar-refractivity contribution in [2.24, 2.45) is 0 Å². The van der Waals surface area contributed by atoms with Crippen LogP contribution in [0.15, 0.2) is 0 Å². The molecule has 0 bridgehead atoms. The summed E-state index contributed by atoms with van der Waals surface area (Å²) in [4.78, 5) is 0. The molecule has 0 aliphatic rings. The standard InChI is InChI=1S/C5H12O5S/c1-2-5(6,7)3-4-11(8,9)10/h6-7H,2-4H2,1H3,(H,8,9,10). The van der Waals surface area contributed by atoms with Crippen molar-refractivity contribution in [1.29, 1.82) is 0 Å². The van der Waals surface area contributed by atoms with Gasteiger partial charge in [0.05, 0.1) is 5.75 Å². The fourth-order valence-electron chi connectivity index (χ4n) is 0.469. The summed E-state index contributed by atoms with van der Waals surface area (Å²) in [6, 6.07) is 0. The Bertz CT molecular complexity index is 205. The predicted molar refractivity (Wildman–Crippen MR) is 38.5 cm³/mol. The first-order valence-corrected chi connectivity index (χ1v) is 4.78. The van der Waals surface area contributed by atoms with E-state index in [0.29, 0.717) is 0 Å². The SMILES string of the molecule is CCC(O)(O)CCS(=O)(=O)O. The van der Waals surface area contributed by atoms with E-state index in [1.807, 2.05) is 0 Å². The Balaban J connectivity index is 3.90. The molecule has 68 valence electrons. The highest BCUT2D eigenvalue weighted by molar-refractivity contribution is 7.85. The summed E-state index contributed by atoms with van der Waals surface area (Å²) < 4.78 is 28.5. The highest BCUT2D eigenvalue weighted by atomic mass is 32.2. The Morgan fingerprint density at radius 3 is 2.09 bits per heavy atom. The van der Waals surface area contributed by atoms with Gasteiger partial charge in [0.15, 0.2) is 5.79 Å². The van der Waals surface area contributed by atoms with Gasteiger partial charge in [-0.05, 0) is 6.42 Å². The van der Waals surface area contributed by atoms with E-state index in [-0.39, 0.29) is 12.8 Å². The van der Waals surface area contributed by atoms with E-state index in [2.05, 4.69) is 0 Å². The largest absolute Gasteiger partial charge is 0.366 e. The summed E-state index contributed by atoms with van der Waals surface area (Å²) >= 11 is 0. The van der Waals surface area contributed by atoms with Gasteiger partial charge >= 0.3 is 0 Å². The zero-order chi connectivity index (χ0) is 9.12. The van der Waals surface area contributed by atoms with Gasteiger partial charge < -0.3 is 10.2 Å². The zero-order valence-corrected chi connectivity index (χ0v) is 7.00. The van der Waals surface area contributed by atoms with Crippen LogP contribution in [0.4, 0.5) is 0 Å². The Morgan fingerprint density at radius 1 is 1.36 bits per heavy atom. The van der Waals surface area contributed by atoms with Crippen molar-refractivity contribution in [3.8, 4) is 0 Å². The molecular weight excluding hydrogens is 172 g/mol. The second-order valence-corrected chi connectivity index (χ2v) is 3.94. The third-order valence-corrected chi connectivity index (χ3v) is 2.05. The Kier molecular flexibility index (Phi) is 3.43. The minimum Gasteiger partial charge on any atom is -0.366 e. The molecule has 0 rings (SSSR count). The predicted octanol–water partition coefficient (Wildman–Crippen LogP) is -0.645. The maximum atomic E-state index is 10.1. The monoisotopic (exact) mass is 184 g/mol. The van der Waals surface area contributed by atoms with E-state index in [9.17, 15) is 8.42 Å². The van der Waals surface area contributed by atoms with Crippen LogP contribution in [-0.4, -0.2) is 34.7 Å². The zero-order valence-electron chi connectivity index (χ0n) is 6.19. The van der Waals surface area contributed by atoms with E-state index in [1.165, 1.54) is 6.92 Å². The normalized spacial score (nSPS) is 13.5. The van der Waals surface area contributed by atoms with Crippen LogP contribution in [0.2, 0.25) is 0 Å². The van der Waals surface area contributed by atoms with Gasteiger partial charge in [0.25, 0.3) is 10.1 Å². The lowest BCUT2D eigenvalue weighted by molar-refractivity contribution is -0.163. The first kappa shape index (κ1) is 10.8. The van der Waals surface area contributed by atoms with Crippen molar-refractivity contribution in [3.05, 3.63) is 0 Å². The van der Waals surface area contributed by atoms with Gasteiger partial charge in [-0.25, -0.2) is 0 Å². The first-order valence-electron chi connectivity index (χ1n) is 3.17. The first-order chi connectivity index (χ1) is 4.77. The maximum absolute atomic E-state index is 10.1. The fraction of sp³-hybridized carbons (Fsp3) is 1.00. The van der Waals surface area contributed by atoms with Crippen LogP contribution in [0.5, 0.6) is 0 Å². The van der Waals surface area contributed by atoms with Crippen molar-refractivity contribution >= 4 is 10.1 Å². The molecular formula is C5H12O5S. The number of hydrogen-bond donors (Lipinski definition) is 3. The van der Waals surface area contributed by atoms with Gasteiger partial charge in [-0.15, -0.1) is 0 Å². The van der Waals surface area contributed by atoms with E-state index in [1.54, 1.807) is 0 Å². The summed E-state index contributed by atoms with van der Waals surface area (Å²) in [5, 5.41) is 17.7. The van der Waals surface area contributed by atoms with Gasteiger partial charge in [0.1, 0.15) is 0 Å². The molecule has 3 N–H and O–H groups in total.